The van der Waals surface area contributed by atoms with Gasteiger partial charge in [0.15, 0.2) is 0 Å². The van der Waals surface area contributed by atoms with Crippen LogP contribution in [0.3, 0.4) is 0 Å². The summed E-state index contributed by atoms with van der Waals surface area (Å²) in [6, 6.07) is 5.89. The molecule has 7 heteroatoms. The van der Waals surface area contributed by atoms with E-state index in [4.69, 9.17) is 5.11 Å². The highest BCUT2D eigenvalue weighted by molar-refractivity contribution is 5.79. The fourth-order valence-electron chi connectivity index (χ4n) is 2.49. The Hall–Kier alpha value is -2.18. The lowest BCUT2D eigenvalue weighted by Gasteiger charge is -2.24. The summed E-state index contributed by atoms with van der Waals surface area (Å²) in [6.07, 6.45) is -2.44. The molecule has 0 spiro atoms. The zero-order valence-electron chi connectivity index (χ0n) is 12.1. The van der Waals surface area contributed by atoms with Crippen LogP contribution in [0.4, 0.5) is 13.6 Å². The Morgan fingerprint density at radius 2 is 1.95 bits per heavy atom. The molecule has 2 N–H and O–H groups in total. The number of hydrogen-bond acceptors (Lipinski definition) is 2. The summed E-state index contributed by atoms with van der Waals surface area (Å²) in [4.78, 5) is 24.6. The minimum Gasteiger partial charge on any atom is -0.481 e. The zero-order valence-corrected chi connectivity index (χ0v) is 12.1. The van der Waals surface area contributed by atoms with E-state index in [1.807, 2.05) is 0 Å². The molecule has 2 amide bonds. The van der Waals surface area contributed by atoms with Crippen molar-refractivity contribution < 1.29 is 23.5 Å². The molecule has 2 rings (SSSR count). The third kappa shape index (κ3) is 3.35. The van der Waals surface area contributed by atoms with Crippen molar-refractivity contribution in [2.24, 2.45) is 5.41 Å². The molecule has 1 aromatic carbocycles. The topological polar surface area (TPSA) is 69.6 Å². The minimum atomic E-state index is -2.75. The second-order valence-electron chi connectivity index (χ2n) is 5.71. The van der Waals surface area contributed by atoms with Crippen LogP contribution >= 0.6 is 0 Å². The van der Waals surface area contributed by atoms with Gasteiger partial charge >= 0.3 is 12.0 Å². The number of likely N-dealkylation sites (tertiary alicyclic amines) is 1. The number of rotatable bonds is 4. The highest BCUT2D eigenvalue weighted by Gasteiger charge is 2.42. The lowest BCUT2D eigenvalue weighted by atomic mass is 9.90. The third-order valence-electron chi connectivity index (χ3n) is 3.97. The minimum absolute atomic E-state index is 0.0128. The molecule has 0 aliphatic carbocycles. The third-order valence-corrected chi connectivity index (χ3v) is 3.97. The van der Waals surface area contributed by atoms with E-state index >= 15 is 0 Å². The van der Waals surface area contributed by atoms with Gasteiger partial charge in [-0.25, -0.2) is 13.6 Å². The van der Waals surface area contributed by atoms with Gasteiger partial charge in [0, 0.05) is 13.1 Å². The van der Waals surface area contributed by atoms with Crippen LogP contribution in [0.2, 0.25) is 0 Å². The van der Waals surface area contributed by atoms with Crippen molar-refractivity contribution in [2.45, 2.75) is 25.8 Å². The molecule has 0 radical (unpaired) electrons. The molecule has 120 valence electrons. The van der Waals surface area contributed by atoms with Crippen LogP contribution in [-0.2, 0) is 4.79 Å². The normalized spacial score (nSPS) is 22.6. The number of carboxylic acid groups (broad SMARTS) is 1. The van der Waals surface area contributed by atoms with Crippen LogP contribution in [-0.4, -0.2) is 41.5 Å². The number of amides is 2. The Kier molecular flexibility index (Phi) is 4.63. The molecular weight excluding hydrogens is 294 g/mol. The Balaban J connectivity index is 2.06. The molecule has 1 aliphatic rings. The van der Waals surface area contributed by atoms with Gasteiger partial charge in [0.05, 0.1) is 5.41 Å². The SMILES string of the molecule is CC1(C(=O)O)CCN(C(=O)NC(c2ccccc2)C(F)F)C1. The monoisotopic (exact) mass is 312 g/mol. The van der Waals surface area contributed by atoms with Gasteiger partial charge < -0.3 is 15.3 Å². The molecule has 0 saturated carbocycles. The number of benzene rings is 1. The number of nitrogens with zero attached hydrogens (tertiary/aromatic N) is 1. The smallest absolute Gasteiger partial charge is 0.318 e. The molecule has 1 aliphatic heterocycles. The largest absolute Gasteiger partial charge is 0.481 e. The Labute approximate surface area is 126 Å². The van der Waals surface area contributed by atoms with Crippen molar-refractivity contribution in [3.05, 3.63) is 35.9 Å². The molecule has 1 aromatic rings. The van der Waals surface area contributed by atoms with Gasteiger partial charge in [0.25, 0.3) is 6.43 Å². The summed E-state index contributed by atoms with van der Waals surface area (Å²) in [5.74, 6) is -0.990. The Morgan fingerprint density at radius 3 is 2.45 bits per heavy atom. The van der Waals surface area contributed by atoms with Crippen molar-refractivity contribution in [1.29, 1.82) is 0 Å². The molecule has 22 heavy (non-hydrogen) atoms. The second-order valence-corrected chi connectivity index (χ2v) is 5.71. The van der Waals surface area contributed by atoms with Crippen LogP contribution in [0, 0.1) is 5.41 Å². The number of nitrogens with one attached hydrogen (secondary N) is 1. The fraction of sp³-hybridized carbons (Fsp3) is 0.467. The van der Waals surface area contributed by atoms with Crippen LogP contribution in [0.5, 0.6) is 0 Å². The highest BCUT2D eigenvalue weighted by Crippen LogP contribution is 2.30. The maximum Gasteiger partial charge on any atom is 0.318 e. The number of carbonyl (C=O) groups is 2. The average Bonchev–Trinajstić information content (AvgIpc) is 2.89. The summed E-state index contributed by atoms with van der Waals surface area (Å²) in [5.41, 5.74) is -0.712. The number of halogens is 2. The van der Waals surface area contributed by atoms with E-state index in [0.29, 0.717) is 12.0 Å². The standard InChI is InChI=1S/C15H18F2N2O3/c1-15(13(20)21)7-8-19(9-15)14(22)18-11(12(16)17)10-5-3-2-4-6-10/h2-6,11-12H,7-9H2,1H3,(H,18,22)(H,20,21). The summed E-state index contributed by atoms with van der Waals surface area (Å²) < 4.78 is 26.4. The van der Waals surface area contributed by atoms with Gasteiger partial charge in [-0.1, -0.05) is 30.3 Å². The molecular formula is C15H18F2N2O3. The van der Waals surface area contributed by atoms with Crippen LogP contribution < -0.4 is 5.32 Å². The summed E-state index contributed by atoms with van der Waals surface area (Å²) >= 11 is 0. The highest BCUT2D eigenvalue weighted by atomic mass is 19.3. The summed E-state index contributed by atoms with van der Waals surface area (Å²) in [7, 11) is 0. The first-order valence-corrected chi connectivity index (χ1v) is 6.95. The summed E-state index contributed by atoms with van der Waals surface area (Å²) in [6.45, 7) is 1.79. The zero-order chi connectivity index (χ0) is 16.3. The van der Waals surface area contributed by atoms with Crippen LogP contribution in [0.1, 0.15) is 24.9 Å². The number of hydrogen-bond donors (Lipinski definition) is 2. The van der Waals surface area contributed by atoms with Gasteiger partial charge in [-0.05, 0) is 18.9 Å². The van der Waals surface area contributed by atoms with Crippen molar-refractivity contribution in [3.63, 3.8) is 0 Å². The van der Waals surface area contributed by atoms with Crippen LogP contribution in [0.25, 0.3) is 0 Å². The number of alkyl halides is 2. The first kappa shape index (κ1) is 16.2. The second kappa shape index (κ2) is 6.29. The maximum atomic E-state index is 13.2. The number of aliphatic carboxylic acids is 1. The van der Waals surface area contributed by atoms with Gasteiger partial charge in [-0.15, -0.1) is 0 Å². The van der Waals surface area contributed by atoms with E-state index in [-0.39, 0.29) is 13.1 Å². The molecule has 2 atom stereocenters. The lowest BCUT2D eigenvalue weighted by molar-refractivity contribution is -0.147. The van der Waals surface area contributed by atoms with E-state index in [1.54, 1.807) is 25.1 Å². The van der Waals surface area contributed by atoms with E-state index in [9.17, 15) is 18.4 Å². The predicted molar refractivity (Wildman–Crippen MR) is 75.7 cm³/mol. The van der Waals surface area contributed by atoms with E-state index < -0.39 is 29.9 Å². The maximum absolute atomic E-state index is 13.2. The van der Waals surface area contributed by atoms with Crippen molar-refractivity contribution in [1.82, 2.24) is 10.2 Å². The summed E-state index contributed by atoms with van der Waals surface area (Å²) in [5, 5.41) is 11.4. The molecule has 1 saturated heterocycles. The van der Waals surface area contributed by atoms with Gasteiger partial charge in [-0.2, -0.15) is 0 Å². The average molecular weight is 312 g/mol. The molecule has 0 bridgehead atoms. The number of carbonyl (C=O) groups excluding carboxylic acids is 1. The fourth-order valence-corrected chi connectivity index (χ4v) is 2.49. The number of urea groups is 1. The molecule has 1 fully saturated rings. The van der Waals surface area contributed by atoms with E-state index in [2.05, 4.69) is 5.32 Å². The molecule has 0 aromatic heterocycles. The Morgan fingerprint density at radius 1 is 1.32 bits per heavy atom. The van der Waals surface area contributed by atoms with Crippen molar-refractivity contribution >= 4 is 12.0 Å². The van der Waals surface area contributed by atoms with Crippen LogP contribution in [0.15, 0.2) is 30.3 Å². The predicted octanol–water partition coefficient (Wildman–Crippen LogP) is 2.50. The lowest BCUT2D eigenvalue weighted by Crippen LogP contribution is -2.43. The number of carboxylic acids is 1. The van der Waals surface area contributed by atoms with Crippen molar-refractivity contribution in [3.8, 4) is 0 Å². The van der Waals surface area contributed by atoms with Gasteiger partial charge in [0.1, 0.15) is 6.04 Å². The first-order valence-electron chi connectivity index (χ1n) is 6.95. The molecule has 2 unspecified atom stereocenters. The van der Waals surface area contributed by atoms with Gasteiger partial charge in [0.2, 0.25) is 0 Å². The first-order chi connectivity index (χ1) is 10.3. The van der Waals surface area contributed by atoms with Gasteiger partial charge in [-0.3, -0.25) is 4.79 Å². The molecule has 1 heterocycles. The Bertz CT molecular complexity index is 553. The quantitative estimate of drug-likeness (QED) is 0.897. The van der Waals surface area contributed by atoms with E-state index in [1.165, 1.54) is 17.0 Å². The van der Waals surface area contributed by atoms with E-state index in [0.717, 1.165) is 0 Å². The molecule has 5 nitrogen and oxygen atoms in total. The van der Waals surface area contributed by atoms with Crippen molar-refractivity contribution in [2.75, 3.05) is 13.1 Å².